The van der Waals surface area contributed by atoms with Crippen LogP contribution in [0.5, 0.6) is 5.75 Å². The highest BCUT2D eigenvalue weighted by Gasteiger charge is 2.20. The molecule has 2 rings (SSSR count). The highest BCUT2D eigenvalue weighted by atomic mass is 16.5. The number of nitriles is 2. The van der Waals surface area contributed by atoms with E-state index in [1.165, 1.54) is 0 Å². The monoisotopic (exact) mass is 284 g/mol. The highest BCUT2D eigenvalue weighted by Crippen LogP contribution is 2.20. The third kappa shape index (κ3) is 3.72. The Morgan fingerprint density at radius 1 is 1.24 bits per heavy atom. The average molecular weight is 284 g/mol. The van der Waals surface area contributed by atoms with E-state index in [1.54, 1.807) is 7.11 Å². The van der Waals surface area contributed by atoms with Crippen LogP contribution < -0.4 is 4.74 Å². The van der Waals surface area contributed by atoms with Gasteiger partial charge in [0, 0.05) is 32.7 Å². The standard InChI is InChI=1S/C16H20N4O/c1-13(10-17)20-7-5-19(6-8-20)12-14-3-4-16(21-2)15(9-14)11-18/h3-4,9,13H,5-8,12H2,1-2H3. The molecule has 1 atom stereocenters. The Labute approximate surface area is 125 Å². The Morgan fingerprint density at radius 2 is 1.95 bits per heavy atom. The van der Waals surface area contributed by atoms with Gasteiger partial charge < -0.3 is 4.74 Å². The van der Waals surface area contributed by atoms with E-state index in [2.05, 4.69) is 21.9 Å². The van der Waals surface area contributed by atoms with E-state index >= 15 is 0 Å². The number of piperazine rings is 1. The molecule has 5 heteroatoms. The van der Waals surface area contributed by atoms with Gasteiger partial charge in [0.15, 0.2) is 0 Å². The van der Waals surface area contributed by atoms with Gasteiger partial charge in [-0.15, -0.1) is 0 Å². The summed E-state index contributed by atoms with van der Waals surface area (Å²) in [5, 5.41) is 18.1. The maximum absolute atomic E-state index is 9.12. The molecule has 0 aromatic heterocycles. The molecule has 1 saturated heterocycles. The predicted octanol–water partition coefficient (Wildman–Crippen LogP) is 1.60. The summed E-state index contributed by atoms with van der Waals surface area (Å²) in [6.07, 6.45) is 0. The van der Waals surface area contributed by atoms with Crippen molar-refractivity contribution in [1.29, 1.82) is 10.5 Å². The van der Waals surface area contributed by atoms with E-state index in [-0.39, 0.29) is 6.04 Å². The van der Waals surface area contributed by atoms with Crippen molar-refractivity contribution in [1.82, 2.24) is 9.80 Å². The lowest BCUT2D eigenvalue weighted by molar-refractivity contribution is 0.114. The van der Waals surface area contributed by atoms with Gasteiger partial charge in [-0.1, -0.05) is 6.07 Å². The summed E-state index contributed by atoms with van der Waals surface area (Å²) in [6, 6.07) is 10.2. The summed E-state index contributed by atoms with van der Waals surface area (Å²) in [5.74, 6) is 0.619. The van der Waals surface area contributed by atoms with Gasteiger partial charge in [-0.05, 0) is 24.6 Å². The van der Waals surface area contributed by atoms with Crippen molar-refractivity contribution in [2.45, 2.75) is 19.5 Å². The van der Waals surface area contributed by atoms with Gasteiger partial charge in [0.1, 0.15) is 11.8 Å². The van der Waals surface area contributed by atoms with Crippen molar-refractivity contribution in [2.75, 3.05) is 33.3 Å². The van der Waals surface area contributed by atoms with Gasteiger partial charge in [0.2, 0.25) is 0 Å². The molecule has 0 aliphatic carbocycles. The summed E-state index contributed by atoms with van der Waals surface area (Å²) in [7, 11) is 1.57. The highest BCUT2D eigenvalue weighted by molar-refractivity contribution is 5.45. The van der Waals surface area contributed by atoms with Gasteiger partial charge in [-0.3, -0.25) is 9.80 Å². The SMILES string of the molecule is COc1ccc(CN2CCN(C(C)C#N)CC2)cc1C#N. The van der Waals surface area contributed by atoms with Crippen molar-refractivity contribution in [3.8, 4) is 17.9 Å². The Bertz CT molecular complexity index is 565. The molecule has 1 aliphatic heterocycles. The number of nitrogens with zero attached hydrogens (tertiary/aromatic N) is 4. The molecular formula is C16H20N4O. The van der Waals surface area contributed by atoms with Gasteiger partial charge in [0.05, 0.1) is 24.8 Å². The molecule has 1 aromatic carbocycles. The zero-order chi connectivity index (χ0) is 15.2. The molecule has 1 aromatic rings. The number of methoxy groups -OCH3 is 1. The number of rotatable bonds is 4. The quantitative estimate of drug-likeness (QED) is 0.840. The summed E-state index contributed by atoms with van der Waals surface area (Å²) in [5.41, 5.74) is 1.70. The molecule has 0 bridgehead atoms. The largest absolute Gasteiger partial charge is 0.495 e. The molecule has 110 valence electrons. The van der Waals surface area contributed by atoms with Crippen LogP contribution in [0.15, 0.2) is 18.2 Å². The van der Waals surface area contributed by atoms with E-state index in [9.17, 15) is 0 Å². The number of hydrogen-bond donors (Lipinski definition) is 0. The van der Waals surface area contributed by atoms with Crippen LogP contribution in [0.1, 0.15) is 18.1 Å². The maximum Gasteiger partial charge on any atom is 0.136 e. The van der Waals surface area contributed by atoms with Crippen LogP contribution in [0.4, 0.5) is 0 Å². The Morgan fingerprint density at radius 3 is 2.52 bits per heavy atom. The summed E-state index contributed by atoms with van der Waals surface area (Å²) >= 11 is 0. The van der Waals surface area contributed by atoms with Gasteiger partial charge in [0.25, 0.3) is 0 Å². The van der Waals surface area contributed by atoms with Crippen molar-refractivity contribution >= 4 is 0 Å². The lowest BCUT2D eigenvalue weighted by atomic mass is 10.1. The minimum Gasteiger partial charge on any atom is -0.495 e. The average Bonchev–Trinajstić information content (AvgIpc) is 2.54. The Kier molecular flexibility index (Phi) is 5.16. The first kappa shape index (κ1) is 15.3. The molecule has 0 saturated carbocycles. The van der Waals surface area contributed by atoms with Crippen molar-refractivity contribution < 1.29 is 4.74 Å². The fourth-order valence-electron chi connectivity index (χ4n) is 2.59. The summed E-state index contributed by atoms with van der Waals surface area (Å²) in [6.45, 7) is 6.48. The normalized spacial score (nSPS) is 17.7. The second-order valence-electron chi connectivity index (χ2n) is 5.26. The molecule has 0 radical (unpaired) electrons. The van der Waals surface area contributed by atoms with Gasteiger partial charge in [-0.2, -0.15) is 10.5 Å². The molecule has 0 N–H and O–H groups in total. The van der Waals surface area contributed by atoms with Crippen molar-refractivity contribution in [2.24, 2.45) is 0 Å². The molecule has 1 aliphatic rings. The van der Waals surface area contributed by atoms with E-state index in [0.717, 1.165) is 38.3 Å². The first-order valence-corrected chi connectivity index (χ1v) is 7.11. The van der Waals surface area contributed by atoms with Crippen LogP contribution in [0.2, 0.25) is 0 Å². The third-order valence-electron chi connectivity index (χ3n) is 3.93. The van der Waals surface area contributed by atoms with Crippen molar-refractivity contribution in [3.05, 3.63) is 29.3 Å². The lowest BCUT2D eigenvalue weighted by Crippen LogP contribution is -2.48. The minimum absolute atomic E-state index is 0.0154. The maximum atomic E-state index is 9.12. The van der Waals surface area contributed by atoms with Crippen LogP contribution >= 0.6 is 0 Å². The van der Waals surface area contributed by atoms with Crippen molar-refractivity contribution in [3.63, 3.8) is 0 Å². The number of ether oxygens (including phenoxy) is 1. The molecule has 0 spiro atoms. The van der Waals surface area contributed by atoms with E-state index < -0.39 is 0 Å². The molecule has 0 amide bonds. The topological polar surface area (TPSA) is 63.3 Å². The molecule has 5 nitrogen and oxygen atoms in total. The number of hydrogen-bond acceptors (Lipinski definition) is 5. The zero-order valence-electron chi connectivity index (χ0n) is 12.5. The molecular weight excluding hydrogens is 264 g/mol. The van der Waals surface area contributed by atoms with E-state index in [0.29, 0.717) is 11.3 Å². The van der Waals surface area contributed by atoms with Crippen LogP contribution in [0.25, 0.3) is 0 Å². The second-order valence-corrected chi connectivity index (χ2v) is 5.26. The smallest absolute Gasteiger partial charge is 0.136 e. The van der Waals surface area contributed by atoms with Gasteiger partial charge in [-0.25, -0.2) is 0 Å². The molecule has 1 fully saturated rings. The van der Waals surface area contributed by atoms with E-state index in [1.807, 2.05) is 25.1 Å². The first-order chi connectivity index (χ1) is 10.2. The summed E-state index contributed by atoms with van der Waals surface area (Å²) in [4.78, 5) is 4.55. The van der Waals surface area contributed by atoms with Gasteiger partial charge >= 0.3 is 0 Å². The zero-order valence-corrected chi connectivity index (χ0v) is 12.5. The Hall–Kier alpha value is -2.08. The summed E-state index contributed by atoms with van der Waals surface area (Å²) < 4.78 is 5.16. The molecule has 1 unspecified atom stereocenters. The first-order valence-electron chi connectivity index (χ1n) is 7.11. The third-order valence-corrected chi connectivity index (χ3v) is 3.93. The fraction of sp³-hybridized carbons (Fsp3) is 0.500. The molecule has 1 heterocycles. The van der Waals surface area contributed by atoms with Crippen LogP contribution in [-0.4, -0.2) is 49.1 Å². The predicted molar refractivity (Wildman–Crippen MR) is 79.6 cm³/mol. The fourth-order valence-corrected chi connectivity index (χ4v) is 2.59. The van der Waals surface area contributed by atoms with Crippen LogP contribution in [0, 0.1) is 22.7 Å². The lowest BCUT2D eigenvalue weighted by Gasteiger charge is -2.35. The number of benzene rings is 1. The Balaban J connectivity index is 1.95. The van der Waals surface area contributed by atoms with Crippen LogP contribution in [-0.2, 0) is 6.54 Å². The molecule has 21 heavy (non-hydrogen) atoms. The minimum atomic E-state index is -0.0154. The van der Waals surface area contributed by atoms with Crippen LogP contribution in [0.3, 0.4) is 0 Å². The second kappa shape index (κ2) is 7.08. The van der Waals surface area contributed by atoms with E-state index in [4.69, 9.17) is 15.3 Å².